The molecule has 0 aromatic rings. The third-order valence-corrected chi connectivity index (χ3v) is 2.22. The maximum Gasteiger partial charge on any atom is 0.404 e. The number of carbonyl (C=O) groups excluding carboxylic acids is 1. The quantitative estimate of drug-likeness (QED) is 0.626. The topological polar surface area (TPSA) is 73.6 Å². The Bertz CT molecular complexity index is 187. The molecule has 0 spiro atoms. The van der Waals surface area contributed by atoms with Gasteiger partial charge in [0.25, 0.3) is 0 Å². The molecule has 0 aromatic heterocycles. The van der Waals surface area contributed by atoms with Crippen molar-refractivity contribution in [3.63, 3.8) is 0 Å². The standard InChI is InChI=1S/C9H18N2O3/c1-7-2-3-8(14-7)6-11-4-5-13-9(10)12/h7-8,11H,2-6H2,1H3,(H2,10,12). The zero-order valence-corrected chi connectivity index (χ0v) is 8.49. The second kappa shape index (κ2) is 5.82. The minimum absolute atomic E-state index is 0.304. The van der Waals surface area contributed by atoms with Gasteiger partial charge in [0, 0.05) is 13.1 Å². The molecule has 1 heterocycles. The average molecular weight is 202 g/mol. The fraction of sp³-hybridized carbons (Fsp3) is 0.889. The highest BCUT2D eigenvalue weighted by atomic mass is 16.5. The van der Waals surface area contributed by atoms with E-state index < -0.39 is 6.09 Å². The second-order valence-corrected chi connectivity index (χ2v) is 3.52. The van der Waals surface area contributed by atoms with Gasteiger partial charge in [0.1, 0.15) is 6.61 Å². The molecule has 3 N–H and O–H groups in total. The van der Waals surface area contributed by atoms with E-state index >= 15 is 0 Å². The lowest BCUT2D eigenvalue weighted by molar-refractivity contribution is 0.0553. The molecule has 0 aliphatic carbocycles. The zero-order valence-electron chi connectivity index (χ0n) is 8.49. The van der Waals surface area contributed by atoms with Crippen LogP contribution >= 0.6 is 0 Å². The highest BCUT2D eigenvalue weighted by Crippen LogP contribution is 2.17. The minimum atomic E-state index is -0.725. The van der Waals surface area contributed by atoms with Crippen LogP contribution in [-0.2, 0) is 9.47 Å². The maximum atomic E-state index is 10.2. The summed E-state index contributed by atoms with van der Waals surface area (Å²) >= 11 is 0. The predicted molar refractivity (Wildman–Crippen MR) is 52.0 cm³/mol. The summed E-state index contributed by atoms with van der Waals surface area (Å²) in [6.45, 7) is 3.83. The molecule has 82 valence electrons. The SMILES string of the molecule is CC1CCC(CNCCOC(N)=O)O1. The van der Waals surface area contributed by atoms with E-state index in [0.717, 1.165) is 19.4 Å². The highest BCUT2D eigenvalue weighted by Gasteiger charge is 2.20. The summed E-state index contributed by atoms with van der Waals surface area (Å²) in [7, 11) is 0. The molecular formula is C9H18N2O3. The van der Waals surface area contributed by atoms with E-state index in [1.54, 1.807) is 0 Å². The monoisotopic (exact) mass is 202 g/mol. The fourth-order valence-electron chi connectivity index (χ4n) is 1.52. The summed E-state index contributed by atoms with van der Waals surface area (Å²) in [5, 5.41) is 3.15. The first-order chi connectivity index (χ1) is 6.68. The maximum absolute atomic E-state index is 10.2. The minimum Gasteiger partial charge on any atom is -0.448 e. The summed E-state index contributed by atoms with van der Waals surface area (Å²) in [6.07, 6.45) is 2.19. The van der Waals surface area contributed by atoms with Crippen molar-refractivity contribution in [1.29, 1.82) is 0 Å². The summed E-state index contributed by atoms with van der Waals surface area (Å²) < 4.78 is 10.2. The van der Waals surface area contributed by atoms with Crippen molar-refractivity contribution in [2.75, 3.05) is 19.7 Å². The lowest BCUT2D eigenvalue weighted by atomic mass is 10.2. The van der Waals surface area contributed by atoms with E-state index in [-0.39, 0.29) is 0 Å². The molecule has 0 aromatic carbocycles. The van der Waals surface area contributed by atoms with Crippen LogP contribution in [0.15, 0.2) is 0 Å². The van der Waals surface area contributed by atoms with Crippen molar-refractivity contribution in [3.05, 3.63) is 0 Å². The zero-order chi connectivity index (χ0) is 10.4. The van der Waals surface area contributed by atoms with E-state index in [1.165, 1.54) is 0 Å². The van der Waals surface area contributed by atoms with Gasteiger partial charge in [-0.15, -0.1) is 0 Å². The molecule has 5 heteroatoms. The highest BCUT2D eigenvalue weighted by molar-refractivity contribution is 5.64. The third-order valence-electron chi connectivity index (χ3n) is 2.22. The first-order valence-electron chi connectivity index (χ1n) is 4.97. The second-order valence-electron chi connectivity index (χ2n) is 3.52. The Morgan fingerprint density at radius 2 is 2.43 bits per heavy atom. The summed E-state index contributed by atoms with van der Waals surface area (Å²) in [5.41, 5.74) is 4.80. The van der Waals surface area contributed by atoms with Gasteiger partial charge < -0.3 is 20.5 Å². The van der Waals surface area contributed by atoms with Crippen LogP contribution in [0.5, 0.6) is 0 Å². The number of nitrogens with one attached hydrogen (secondary N) is 1. The van der Waals surface area contributed by atoms with E-state index in [0.29, 0.717) is 25.4 Å². The largest absolute Gasteiger partial charge is 0.448 e. The lowest BCUT2D eigenvalue weighted by Crippen LogP contribution is -2.30. The molecule has 0 saturated carbocycles. The molecule has 0 bridgehead atoms. The van der Waals surface area contributed by atoms with E-state index in [4.69, 9.17) is 10.5 Å². The smallest absolute Gasteiger partial charge is 0.404 e. The van der Waals surface area contributed by atoms with Gasteiger partial charge in [-0.25, -0.2) is 4.79 Å². The van der Waals surface area contributed by atoms with Gasteiger partial charge in [0.05, 0.1) is 12.2 Å². The van der Waals surface area contributed by atoms with Gasteiger partial charge in [0.15, 0.2) is 0 Å². The molecule has 1 saturated heterocycles. The molecule has 1 aliphatic heterocycles. The number of hydrogen-bond acceptors (Lipinski definition) is 4. The van der Waals surface area contributed by atoms with Gasteiger partial charge in [-0.05, 0) is 19.8 Å². The summed E-state index contributed by atoms with van der Waals surface area (Å²) in [5.74, 6) is 0. The van der Waals surface area contributed by atoms with Crippen LogP contribution in [-0.4, -0.2) is 38.0 Å². The fourth-order valence-corrected chi connectivity index (χ4v) is 1.52. The first-order valence-corrected chi connectivity index (χ1v) is 4.97. The Kier molecular flexibility index (Phi) is 4.69. The molecule has 5 nitrogen and oxygen atoms in total. The first kappa shape index (κ1) is 11.3. The molecule has 1 amide bonds. The number of primary amides is 1. The number of carbonyl (C=O) groups is 1. The van der Waals surface area contributed by atoms with E-state index in [1.807, 2.05) is 0 Å². The van der Waals surface area contributed by atoms with Gasteiger partial charge >= 0.3 is 6.09 Å². The lowest BCUT2D eigenvalue weighted by Gasteiger charge is -2.11. The van der Waals surface area contributed by atoms with Crippen LogP contribution in [0.3, 0.4) is 0 Å². The van der Waals surface area contributed by atoms with Gasteiger partial charge in [-0.1, -0.05) is 0 Å². The van der Waals surface area contributed by atoms with Crippen molar-refractivity contribution < 1.29 is 14.3 Å². The number of ether oxygens (including phenoxy) is 2. The van der Waals surface area contributed by atoms with Crippen LogP contribution in [0.1, 0.15) is 19.8 Å². The van der Waals surface area contributed by atoms with Crippen molar-refractivity contribution in [2.24, 2.45) is 5.73 Å². The molecular weight excluding hydrogens is 184 g/mol. The van der Waals surface area contributed by atoms with Gasteiger partial charge in [-0.2, -0.15) is 0 Å². The van der Waals surface area contributed by atoms with Crippen LogP contribution in [0.4, 0.5) is 4.79 Å². The summed E-state index contributed by atoms with van der Waals surface area (Å²) in [6, 6.07) is 0. The van der Waals surface area contributed by atoms with Gasteiger partial charge in [0.2, 0.25) is 0 Å². The molecule has 1 aliphatic rings. The molecule has 1 fully saturated rings. The van der Waals surface area contributed by atoms with Gasteiger partial charge in [-0.3, -0.25) is 0 Å². The van der Waals surface area contributed by atoms with Crippen molar-refractivity contribution in [3.8, 4) is 0 Å². The summed E-state index contributed by atoms with van der Waals surface area (Å²) in [4.78, 5) is 10.2. The van der Waals surface area contributed by atoms with Crippen LogP contribution in [0, 0.1) is 0 Å². The molecule has 2 atom stereocenters. The van der Waals surface area contributed by atoms with Crippen LogP contribution in [0.25, 0.3) is 0 Å². The molecule has 1 rings (SSSR count). The number of amides is 1. The Hall–Kier alpha value is -0.810. The Labute approximate surface area is 83.9 Å². The number of hydrogen-bond donors (Lipinski definition) is 2. The van der Waals surface area contributed by atoms with Crippen molar-refractivity contribution >= 4 is 6.09 Å². The Morgan fingerprint density at radius 3 is 3.00 bits per heavy atom. The van der Waals surface area contributed by atoms with Crippen LogP contribution in [0.2, 0.25) is 0 Å². The normalized spacial score (nSPS) is 26.4. The third kappa shape index (κ3) is 4.43. The average Bonchev–Trinajstić information content (AvgIpc) is 2.50. The van der Waals surface area contributed by atoms with E-state index in [9.17, 15) is 4.79 Å². The van der Waals surface area contributed by atoms with Crippen molar-refractivity contribution in [1.82, 2.24) is 5.32 Å². The number of rotatable bonds is 5. The molecule has 0 radical (unpaired) electrons. The molecule has 14 heavy (non-hydrogen) atoms. The Morgan fingerprint density at radius 1 is 1.64 bits per heavy atom. The Balaban J connectivity index is 1.91. The van der Waals surface area contributed by atoms with Crippen molar-refractivity contribution in [2.45, 2.75) is 32.0 Å². The number of nitrogens with two attached hydrogens (primary N) is 1. The predicted octanol–water partition coefficient (Wildman–Crippen LogP) is 0.239. The molecule has 2 unspecified atom stereocenters. The van der Waals surface area contributed by atoms with E-state index in [2.05, 4.69) is 17.0 Å². The van der Waals surface area contributed by atoms with Crippen LogP contribution < -0.4 is 11.1 Å².